The van der Waals surface area contributed by atoms with Crippen molar-refractivity contribution < 1.29 is 9.13 Å². The van der Waals surface area contributed by atoms with Gasteiger partial charge in [-0.25, -0.2) is 9.37 Å². The summed E-state index contributed by atoms with van der Waals surface area (Å²) in [5.41, 5.74) is 1.81. The minimum atomic E-state index is -0.300. The Morgan fingerprint density at radius 2 is 2.19 bits per heavy atom. The van der Waals surface area contributed by atoms with Gasteiger partial charge in [-0.15, -0.1) is 0 Å². The van der Waals surface area contributed by atoms with Crippen LogP contribution in [0.4, 0.5) is 10.2 Å². The van der Waals surface area contributed by atoms with Crippen LogP contribution in [-0.2, 0) is 6.54 Å². The number of fused-ring (bicyclic) bond motifs is 1. The summed E-state index contributed by atoms with van der Waals surface area (Å²) in [6.07, 6.45) is 0. The maximum Gasteiger partial charge on any atom is 0.147 e. The molecular weight excluding hydrogens is 269 g/mol. The lowest BCUT2D eigenvalue weighted by molar-refractivity contribution is 0.330. The fourth-order valence-electron chi connectivity index (χ4n) is 2.42. The molecule has 0 radical (unpaired) electrons. The van der Waals surface area contributed by atoms with Crippen molar-refractivity contribution >= 4 is 5.82 Å². The molecule has 106 valence electrons. The van der Waals surface area contributed by atoms with Crippen LogP contribution in [0.2, 0.25) is 0 Å². The minimum absolute atomic E-state index is 0.300. The van der Waals surface area contributed by atoms with E-state index in [-0.39, 0.29) is 5.82 Å². The Morgan fingerprint density at radius 1 is 1.33 bits per heavy atom. The predicted molar refractivity (Wildman–Crippen MR) is 76.6 cm³/mol. The number of benzene rings is 1. The molecule has 5 heteroatoms. The lowest BCUT2D eigenvalue weighted by Crippen LogP contribution is -2.27. The van der Waals surface area contributed by atoms with E-state index in [1.54, 1.807) is 24.3 Å². The molecule has 0 spiro atoms. The maximum atomic E-state index is 14.0. The Hall–Kier alpha value is -2.61. The van der Waals surface area contributed by atoms with Crippen molar-refractivity contribution in [3.63, 3.8) is 0 Å². The number of nitrogens with zero attached hydrogens (tertiary/aromatic N) is 3. The third-order valence-electron chi connectivity index (χ3n) is 3.48. The van der Waals surface area contributed by atoms with Crippen molar-refractivity contribution in [3.8, 4) is 11.8 Å². The molecule has 1 aromatic heterocycles. The molecule has 0 saturated carbocycles. The van der Waals surface area contributed by atoms with Crippen molar-refractivity contribution in [1.29, 1.82) is 5.26 Å². The Morgan fingerprint density at radius 3 is 3.00 bits per heavy atom. The van der Waals surface area contributed by atoms with E-state index in [4.69, 9.17) is 4.74 Å². The summed E-state index contributed by atoms with van der Waals surface area (Å²) in [6.45, 7) is 3.19. The molecule has 0 aliphatic carbocycles. The Labute approximate surface area is 122 Å². The second-order valence-corrected chi connectivity index (χ2v) is 4.92. The zero-order valence-electron chi connectivity index (χ0n) is 11.6. The van der Waals surface area contributed by atoms with Crippen LogP contribution in [0.1, 0.15) is 16.8 Å². The van der Waals surface area contributed by atoms with Gasteiger partial charge in [0.05, 0.1) is 18.7 Å². The highest BCUT2D eigenvalue weighted by Crippen LogP contribution is 2.28. The first kappa shape index (κ1) is 13.4. The summed E-state index contributed by atoms with van der Waals surface area (Å²) < 4.78 is 19.6. The van der Waals surface area contributed by atoms with E-state index in [0.717, 1.165) is 5.69 Å². The number of halogens is 1. The van der Waals surface area contributed by atoms with Crippen LogP contribution in [0.25, 0.3) is 0 Å². The Balaban J connectivity index is 2.03. The highest BCUT2D eigenvalue weighted by atomic mass is 19.1. The van der Waals surface area contributed by atoms with Gasteiger partial charge in [-0.05, 0) is 31.2 Å². The monoisotopic (exact) mass is 283 g/mol. The van der Waals surface area contributed by atoms with Crippen molar-refractivity contribution in [1.82, 2.24) is 4.98 Å². The van der Waals surface area contributed by atoms with Gasteiger partial charge in [0.15, 0.2) is 0 Å². The smallest absolute Gasteiger partial charge is 0.147 e. The van der Waals surface area contributed by atoms with Crippen LogP contribution >= 0.6 is 0 Å². The standard InChI is InChI=1S/C16H14FN3O/c1-11-5-6-12(9-18)16(19-11)20-7-8-21-15-4-2-3-14(17)13(15)10-20/h2-6H,7-8,10H2,1H3. The van der Waals surface area contributed by atoms with Crippen LogP contribution in [0, 0.1) is 24.1 Å². The lowest BCUT2D eigenvalue weighted by atomic mass is 10.1. The van der Waals surface area contributed by atoms with E-state index in [2.05, 4.69) is 11.1 Å². The van der Waals surface area contributed by atoms with Crippen molar-refractivity contribution in [2.45, 2.75) is 13.5 Å². The highest BCUT2D eigenvalue weighted by molar-refractivity contribution is 5.55. The SMILES string of the molecule is Cc1ccc(C#N)c(N2CCOc3cccc(F)c3C2)n1. The molecule has 0 fully saturated rings. The largest absolute Gasteiger partial charge is 0.491 e. The molecule has 2 aromatic rings. The normalized spacial score (nSPS) is 13.9. The summed E-state index contributed by atoms with van der Waals surface area (Å²) in [6, 6.07) is 10.5. The molecule has 1 aromatic carbocycles. The van der Waals surface area contributed by atoms with Gasteiger partial charge in [0, 0.05) is 11.3 Å². The molecule has 21 heavy (non-hydrogen) atoms. The molecule has 1 aliphatic rings. The topological polar surface area (TPSA) is 49.2 Å². The van der Waals surface area contributed by atoms with Gasteiger partial charge in [-0.3, -0.25) is 0 Å². The maximum absolute atomic E-state index is 14.0. The molecule has 0 atom stereocenters. The van der Waals surface area contributed by atoms with E-state index in [9.17, 15) is 9.65 Å². The molecule has 3 rings (SSSR count). The molecule has 0 saturated heterocycles. The number of hydrogen-bond donors (Lipinski definition) is 0. The Bertz CT molecular complexity index is 724. The highest BCUT2D eigenvalue weighted by Gasteiger charge is 2.21. The van der Waals surface area contributed by atoms with Gasteiger partial charge in [0.25, 0.3) is 0 Å². The molecule has 4 nitrogen and oxygen atoms in total. The van der Waals surface area contributed by atoms with Gasteiger partial charge in [0.1, 0.15) is 30.1 Å². The second kappa shape index (κ2) is 5.41. The van der Waals surface area contributed by atoms with E-state index in [1.807, 2.05) is 11.8 Å². The number of anilines is 1. The summed E-state index contributed by atoms with van der Waals surface area (Å²) in [5, 5.41) is 9.24. The number of pyridine rings is 1. The summed E-state index contributed by atoms with van der Waals surface area (Å²) in [4.78, 5) is 6.33. The minimum Gasteiger partial charge on any atom is -0.491 e. The van der Waals surface area contributed by atoms with E-state index in [0.29, 0.717) is 42.4 Å². The molecule has 2 heterocycles. The van der Waals surface area contributed by atoms with Crippen LogP contribution < -0.4 is 9.64 Å². The number of hydrogen-bond acceptors (Lipinski definition) is 4. The van der Waals surface area contributed by atoms with Gasteiger partial charge >= 0.3 is 0 Å². The first-order valence-electron chi connectivity index (χ1n) is 6.72. The first-order chi connectivity index (χ1) is 10.2. The number of aryl methyl sites for hydroxylation is 1. The fourth-order valence-corrected chi connectivity index (χ4v) is 2.42. The van der Waals surface area contributed by atoms with Crippen LogP contribution in [0.3, 0.4) is 0 Å². The summed E-state index contributed by atoms with van der Waals surface area (Å²) in [7, 11) is 0. The quantitative estimate of drug-likeness (QED) is 0.807. The molecule has 0 amide bonds. The van der Waals surface area contributed by atoms with Crippen molar-refractivity contribution in [3.05, 3.63) is 53.0 Å². The average molecular weight is 283 g/mol. The Kier molecular flexibility index (Phi) is 3.44. The number of rotatable bonds is 1. The van der Waals surface area contributed by atoms with Gasteiger partial charge in [-0.1, -0.05) is 6.07 Å². The lowest BCUT2D eigenvalue weighted by Gasteiger charge is -2.22. The van der Waals surface area contributed by atoms with Crippen LogP contribution in [0.5, 0.6) is 5.75 Å². The third-order valence-corrected chi connectivity index (χ3v) is 3.48. The number of ether oxygens (including phenoxy) is 1. The fraction of sp³-hybridized carbons (Fsp3) is 0.250. The average Bonchev–Trinajstić information content (AvgIpc) is 2.70. The first-order valence-corrected chi connectivity index (χ1v) is 6.72. The van der Waals surface area contributed by atoms with E-state index in [1.165, 1.54) is 6.07 Å². The zero-order valence-corrected chi connectivity index (χ0v) is 11.6. The molecule has 0 unspecified atom stereocenters. The summed E-state index contributed by atoms with van der Waals surface area (Å²) in [5.74, 6) is 0.839. The zero-order chi connectivity index (χ0) is 14.8. The van der Waals surface area contributed by atoms with Crippen LogP contribution in [-0.4, -0.2) is 18.1 Å². The van der Waals surface area contributed by atoms with E-state index < -0.39 is 0 Å². The predicted octanol–water partition coefficient (Wildman–Crippen LogP) is 2.80. The van der Waals surface area contributed by atoms with Crippen LogP contribution in [0.15, 0.2) is 30.3 Å². The van der Waals surface area contributed by atoms with Gasteiger partial charge in [-0.2, -0.15) is 5.26 Å². The van der Waals surface area contributed by atoms with Gasteiger partial charge < -0.3 is 9.64 Å². The second-order valence-electron chi connectivity index (χ2n) is 4.92. The van der Waals surface area contributed by atoms with Crippen molar-refractivity contribution in [2.24, 2.45) is 0 Å². The van der Waals surface area contributed by atoms with E-state index >= 15 is 0 Å². The van der Waals surface area contributed by atoms with Gasteiger partial charge in [0.2, 0.25) is 0 Å². The number of aromatic nitrogens is 1. The van der Waals surface area contributed by atoms with Crippen molar-refractivity contribution in [2.75, 3.05) is 18.1 Å². The summed E-state index contributed by atoms with van der Waals surface area (Å²) >= 11 is 0. The third kappa shape index (κ3) is 2.52. The molecule has 0 bridgehead atoms. The molecular formula is C16H14FN3O. The molecule has 0 N–H and O–H groups in total. The molecule has 1 aliphatic heterocycles. The number of nitriles is 1.